The fourth-order valence-electron chi connectivity index (χ4n) is 2.26. The monoisotopic (exact) mass is 317 g/mol. The topological polar surface area (TPSA) is 26.0 Å². The summed E-state index contributed by atoms with van der Waals surface area (Å²) in [5, 5.41) is 0. The number of hydrogen-bond acceptors (Lipinski definition) is 1. The minimum absolute atomic E-state index is 0.238. The van der Waals surface area contributed by atoms with Crippen molar-refractivity contribution in [2.45, 2.75) is 31.7 Å². The lowest BCUT2D eigenvalue weighted by Gasteiger charge is -2.12. The van der Waals surface area contributed by atoms with E-state index >= 15 is 0 Å². The first-order valence-corrected chi connectivity index (χ1v) is 7.58. The van der Waals surface area contributed by atoms with Gasteiger partial charge in [-0.1, -0.05) is 64.5 Å². The average molecular weight is 318 g/mol. The quantitative estimate of drug-likeness (QED) is 0.842. The highest BCUT2D eigenvalue weighted by atomic mass is 79.9. The summed E-state index contributed by atoms with van der Waals surface area (Å²) in [6.45, 7) is 0. The number of aryl methyl sites for hydroxylation is 1. The van der Waals surface area contributed by atoms with Gasteiger partial charge in [0, 0.05) is 10.5 Å². The fraction of sp³-hybridized carbons (Fsp3) is 0.294. The highest BCUT2D eigenvalue weighted by molar-refractivity contribution is 9.10. The molecule has 0 aromatic heterocycles. The first-order valence-electron chi connectivity index (χ1n) is 6.78. The molecular weight excluding hydrogens is 298 g/mol. The third-order valence-corrected chi connectivity index (χ3v) is 4.10. The van der Waals surface area contributed by atoms with Crippen LogP contribution >= 0.6 is 15.9 Å². The van der Waals surface area contributed by atoms with Gasteiger partial charge in [-0.05, 0) is 42.9 Å². The van der Waals surface area contributed by atoms with E-state index in [9.17, 15) is 0 Å². The molecule has 0 heterocycles. The molecule has 0 aliphatic carbocycles. The van der Waals surface area contributed by atoms with Gasteiger partial charge in [0.25, 0.3) is 0 Å². The summed E-state index contributed by atoms with van der Waals surface area (Å²) in [7, 11) is 0. The number of halogens is 1. The molecule has 1 nitrogen and oxygen atoms in total. The Hall–Kier alpha value is -1.12. The third kappa shape index (κ3) is 4.81. The molecule has 0 bridgehead atoms. The van der Waals surface area contributed by atoms with Gasteiger partial charge in [0.1, 0.15) is 0 Å². The van der Waals surface area contributed by atoms with Gasteiger partial charge in [0.15, 0.2) is 0 Å². The lowest BCUT2D eigenvalue weighted by molar-refractivity contribution is 0.579. The van der Waals surface area contributed by atoms with Crippen LogP contribution in [0, 0.1) is 0 Å². The Bertz CT molecular complexity index is 496. The van der Waals surface area contributed by atoms with Crippen LogP contribution in [0.4, 0.5) is 0 Å². The zero-order valence-electron chi connectivity index (χ0n) is 11.1. The molecule has 2 rings (SSSR count). The van der Waals surface area contributed by atoms with Gasteiger partial charge in [-0.3, -0.25) is 0 Å². The van der Waals surface area contributed by atoms with Crippen LogP contribution in [0.3, 0.4) is 0 Å². The predicted octanol–water partition coefficient (Wildman–Crippen LogP) is 4.34. The molecule has 19 heavy (non-hydrogen) atoms. The van der Waals surface area contributed by atoms with Crippen molar-refractivity contribution in [3.8, 4) is 0 Å². The standard InChI is InChI=1S/C17H20BrN/c18-17-12-5-4-10-15(17)13-16(19)11-6-9-14-7-2-1-3-8-14/h1-5,7-8,10,12,16H,6,9,11,13,19H2. The predicted molar refractivity (Wildman–Crippen MR) is 85.2 cm³/mol. The minimum atomic E-state index is 0.238. The van der Waals surface area contributed by atoms with Gasteiger partial charge in [0.2, 0.25) is 0 Å². The van der Waals surface area contributed by atoms with E-state index in [4.69, 9.17) is 5.73 Å². The van der Waals surface area contributed by atoms with Crippen LogP contribution in [-0.4, -0.2) is 6.04 Å². The molecular formula is C17H20BrN. The Morgan fingerprint density at radius 3 is 2.37 bits per heavy atom. The second-order valence-corrected chi connectivity index (χ2v) is 5.79. The zero-order valence-corrected chi connectivity index (χ0v) is 12.6. The number of rotatable bonds is 6. The van der Waals surface area contributed by atoms with Crippen LogP contribution in [0.15, 0.2) is 59.1 Å². The van der Waals surface area contributed by atoms with Crippen LogP contribution in [0.5, 0.6) is 0 Å². The third-order valence-electron chi connectivity index (χ3n) is 3.32. The van der Waals surface area contributed by atoms with Gasteiger partial charge < -0.3 is 5.73 Å². The van der Waals surface area contributed by atoms with Crippen molar-refractivity contribution in [2.24, 2.45) is 5.73 Å². The summed E-state index contributed by atoms with van der Waals surface area (Å²) < 4.78 is 1.16. The second kappa shape index (κ2) is 7.46. The zero-order chi connectivity index (χ0) is 13.5. The summed E-state index contributed by atoms with van der Waals surface area (Å²) in [5.41, 5.74) is 8.92. The molecule has 0 aliphatic heterocycles. The van der Waals surface area contributed by atoms with Gasteiger partial charge in [0.05, 0.1) is 0 Å². The van der Waals surface area contributed by atoms with Crippen molar-refractivity contribution in [1.29, 1.82) is 0 Å². The molecule has 100 valence electrons. The highest BCUT2D eigenvalue weighted by Crippen LogP contribution is 2.18. The molecule has 1 unspecified atom stereocenters. The summed E-state index contributed by atoms with van der Waals surface area (Å²) in [4.78, 5) is 0. The summed E-state index contributed by atoms with van der Waals surface area (Å²) in [5.74, 6) is 0. The van der Waals surface area contributed by atoms with E-state index in [2.05, 4.69) is 64.5 Å². The molecule has 0 spiro atoms. The van der Waals surface area contributed by atoms with Crippen molar-refractivity contribution in [3.63, 3.8) is 0 Å². The Morgan fingerprint density at radius 2 is 1.63 bits per heavy atom. The van der Waals surface area contributed by atoms with E-state index < -0.39 is 0 Å². The molecule has 2 aromatic rings. The summed E-state index contributed by atoms with van der Waals surface area (Å²) >= 11 is 3.57. The molecule has 0 radical (unpaired) electrons. The van der Waals surface area contributed by atoms with Crippen molar-refractivity contribution in [2.75, 3.05) is 0 Å². The van der Waals surface area contributed by atoms with Crippen LogP contribution in [-0.2, 0) is 12.8 Å². The molecule has 0 saturated heterocycles. The lowest BCUT2D eigenvalue weighted by atomic mass is 10.00. The molecule has 2 aromatic carbocycles. The Labute approximate surface area is 124 Å². The molecule has 0 aliphatic rings. The van der Waals surface area contributed by atoms with Crippen molar-refractivity contribution >= 4 is 15.9 Å². The smallest absolute Gasteiger partial charge is 0.0207 e. The average Bonchev–Trinajstić information content (AvgIpc) is 2.43. The molecule has 0 fully saturated rings. The van der Waals surface area contributed by atoms with Crippen molar-refractivity contribution < 1.29 is 0 Å². The number of hydrogen-bond donors (Lipinski definition) is 1. The van der Waals surface area contributed by atoms with Gasteiger partial charge in [-0.25, -0.2) is 0 Å². The number of benzene rings is 2. The van der Waals surface area contributed by atoms with Gasteiger partial charge in [-0.15, -0.1) is 0 Å². The maximum atomic E-state index is 6.22. The van der Waals surface area contributed by atoms with Gasteiger partial charge >= 0.3 is 0 Å². The van der Waals surface area contributed by atoms with Crippen molar-refractivity contribution in [3.05, 3.63) is 70.2 Å². The SMILES string of the molecule is NC(CCCc1ccccc1)Cc1ccccc1Br. The largest absolute Gasteiger partial charge is 0.327 e. The maximum absolute atomic E-state index is 6.22. The van der Waals surface area contributed by atoms with Gasteiger partial charge in [-0.2, -0.15) is 0 Å². The van der Waals surface area contributed by atoms with Crippen LogP contribution in [0.25, 0.3) is 0 Å². The van der Waals surface area contributed by atoms with Crippen molar-refractivity contribution in [1.82, 2.24) is 0 Å². The highest BCUT2D eigenvalue weighted by Gasteiger charge is 2.06. The molecule has 0 saturated carbocycles. The Balaban J connectivity index is 1.76. The van der Waals surface area contributed by atoms with Crippen LogP contribution in [0.1, 0.15) is 24.0 Å². The van der Waals surface area contributed by atoms with Crippen LogP contribution in [0.2, 0.25) is 0 Å². The Kier molecular flexibility index (Phi) is 5.62. The summed E-state index contributed by atoms with van der Waals surface area (Å²) in [6.07, 6.45) is 4.27. The first-order chi connectivity index (χ1) is 9.25. The van der Waals surface area contributed by atoms with E-state index in [-0.39, 0.29) is 6.04 Å². The maximum Gasteiger partial charge on any atom is 0.0207 e. The molecule has 0 amide bonds. The summed E-state index contributed by atoms with van der Waals surface area (Å²) in [6, 6.07) is 19.2. The normalized spacial score (nSPS) is 12.3. The minimum Gasteiger partial charge on any atom is -0.327 e. The Morgan fingerprint density at radius 1 is 0.947 bits per heavy atom. The molecule has 2 N–H and O–H groups in total. The lowest BCUT2D eigenvalue weighted by Crippen LogP contribution is -2.23. The van der Waals surface area contributed by atoms with E-state index in [0.717, 1.165) is 30.2 Å². The van der Waals surface area contributed by atoms with E-state index in [0.29, 0.717) is 0 Å². The van der Waals surface area contributed by atoms with Crippen LogP contribution < -0.4 is 5.73 Å². The van der Waals surface area contributed by atoms with E-state index in [1.165, 1.54) is 11.1 Å². The molecule has 2 heteroatoms. The van der Waals surface area contributed by atoms with E-state index in [1.807, 2.05) is 6.07 Å². The second-order valence-electron chi connectivity index (χ2n) is 4.93. The fourth-order valence-corrected chi connectivity index (χ4v) is 2.71. The molecule has 1 atom stereocenters. The number of nitrogens with two attached hydrogens (primary N) is 1. The van der Waals surface area contributed by atoms with E-state index in [1.54, 1.807) is 0 Å². The first kappa shape index (κ1) is 14.3.